The summed E-state index contributed by atoms with van der Waals surface area (Å²) in [6.07, 6.45) is -5.68. The molecular formula is C19H20F3N3O6S. The predicted octanol–water partition coefficient (Wildman–Crippen LogP) is 1.74. The van der Waals surface area contributed by atoms with Gasteiger partial charge in [0.1, 0.15) is 5.71 Å². The lowest BCUT2D eigenvalue weighted by Gasteiger charge is -2.27. The van der Waals surface area contributed by atoms with Crippen LogP contribution in [0.15, 0.2) is 29.4 Å². The number of halogens is 3. The van der Waals surface area contributed by atoms with Gasteiger partial charge in [-0.25, -0.2) is 18.2 Å². The topological polar surface area (TPSA) is 122 Å². The molecule has 0 radical (unpaired) electrons. The van der Waals surface area contributed by atoms with Gasteiger partial charge in [0.25, 0.3) is 5.91 Å². The minimum atomic E-state index is -4.51. The van der Waals surface area contributed by atoms with E-state index in [1.54, 1.807) is 0 Å². The molecule has 0 saturated carbocycles. The molecule has 0 bridgehead atoms. The molecule has 1 N–H and O–H groups in total. The number of anilines is 1. The van der Waals surface area contributed by atoms with E-state index in [-0.39, 0.29) is 42.2 Å². The highest BCUT2D eigenvalue weighted by Crippen LogP contribution is 2.30. The second-order valence-corrected chi connectivity index (χ2v) is 9.68. The Morgan fingerprint density at radius 2 is 1.88 bits per heavy atom. The van der Waals surface area contributed by atoms with E-state index in [0.29, 0.717) is 0 Å². The van der Waals surface area contributed by atoms with E-state index < -0.39 is 51.5 Å². The van der Waals surface area contributed by atoms with E-state index in [2.05, 4.69) is 10.4 Å². The maximum absolute atomic E-state index is 12.6. The Labute approximate surface area is 181 Å². The molecule has 2 atom stereocenters. The third kappa shape index (κ3) is 5.64. The lowest BCUT2D eigenvalue weighted by atomic mass is 10.1. The molecular weight excluding hydrogens is 455 g/mol. The van der Waals surface area contributed by atoms with Gasteiger partial charge in [-0.05, 0) is 37.6 Å². The van der Waals surface area contributed by atoms with Crippen molar-refractivity contribution in [1.82, 2.24) is 5.01 Å². The van der Waals surface area contributed by atoms with Crippen LogP contribution in [0.5, 0.6) is 0 Å². The molecule has 2 amide bonds. The minimum absolute atomic E-state index is 0.0269. The number of hydrazone groups is 1. The predicted molar refractivity (Wildman–Crippen MR) is 106 cm³/mol. The number of hydrogen-bond acceptors (Lipinski definition) is 7. The molecule has 1 aromatic carbocycles. The van der Waals surface area contributed by atoms with Gasteiger partial charge in [-0.1, -0.05) is 0 Å². The monoisotopic (exact) mass is 475 g/mol. The van der Waals surface area contributed by atoms with Gasteiger partial charge < -0.3 is 10.1 Å². The van der Waals surface area contributed by atoms with Crippen LogP contribution in [-0.2, 0) is 35.1 Å². The van der Waals surface area contributed by atoms with Crippen LogP contribution in [0.3, 0.4) is 0 Å². The largest absolute Gasteiger partial charge is 0.448 e. The Hall–Kier alpha value is -2.96. The number of benzene rings is 1. The maximum Gasteiger partial charge on any atom is 0.416 e. The third-order valence-corrected chi connectivity index (χ3v) is 6.73. The van der Waals surface area contributed by atoms with Crippen molar-refractivity contribution >= 4 is 39.0 Å². The molecule has 13 heteroatoms. The van der Waals surface area contributed by atoms with E-state index in [4.69, 9.17) is 4.74 Å². The summed E-state index contributed by atoms with van der Waals surface area (Å²) in [6.45, 7) is 1.27. The van der Waals surface area contributed by atoms with Crippen molar-refractivity contribution in [3.63, 3.8) is 0 Å². The lowest BCUT2D eigenvalue weighted by molar-refractivity contribution is -0.147. The van der Waals surface area contributed by atoms with Crippen LogP contribution < -0.4 is 5.32 Å². The first-order valence-electron chi connectivity index (χ1n) is 9.65. The smallest absolute Gasteiger partial charge is 0.416 e. The number of amides is 2. The molecule has 2 aliphatic heterocycles. The van der Waals surface area contributed by atoms with Crippen LogP contribution in [0, 0.1) is 0 Å². The second kappa shape index (κ2) is 8.88. The Kier molecular flexibility index (Phi) is 6.58. The molecule has 0 aliphatic carbocycles. The summed E-state index contributed by atoms with van der Waals surface area (Å²) in [5.74, 6) is -2.44. The number of sulfone groups is 1. The van der Waals surface area contributed by atoms with Gasteiger partial charge in [0.05, 0.1) is 23.1 Å². The van der Waals surface area contributed by atoms with Crippen LogP contribution in [0.25, 0.3) is 0 Å². The van der Waals surface area contributed by atoms with E-state index in [0.717, 1.165) is 29.3 Å². The van der Waals surface area contributed by atoms with Crippen LogP contribution in [0.4, 0.5) is 18.9 Å². The Morgan fingerprint density at radius 3 is 2.44 bits per heavy atom. The average Bonchev–Trinajstić information content (AvgIpc) is 3.07. The van der Waals surface area contributed by atoms with E-state index in [9.17, 15) is 36.0 Å². The van der Waals surface area contributed by atoms with Gasteiger partial charge in [0.15, 0.2) is 15.9 Å². The zero-order valence-corrected chi connectivity index (χ0v) is 17.7. The summed E-state index contributed by atoms with van der Waals surface area (Å²) in [5.41, 5.74) is -0.914. The first-order valence-corrected chi connectivity index (χ1v) is 11.5. The zero-order valence-electron chi connectivity index (χ0n) is 16.9. The number of nitrogens with one attached hydrogen (secondary N) is 1. The van der Waals surface area contributed by atoms with E-state index in [1.165, 1.54) is 6.92 Å². The summed E-state index contributed by atoms with van der Waals surface area (Å²) in [4.78, 5) is 36.7. The van der Waals surface area contributed by atoms with Crippen molar-refractivity contribution in [2.24, 2.45) is 5.10 Å². The fourth-order valence-corrected chi connectivity index (χ4v) is 4.93. The number of hydrogen-bond donors (Lipinski definition) is 1. The van der Waals surface area contributed by atoms with Gasteiger partial charge in [0, 0.05) is 18.5 Å². The summed E-state index contributed by atoms with van der Waals surface area (Å²) in [5, 5.41) is 7.30. The molecule has 3 rings (SSSR count). The molecule has 1 fully saturated rings. The van der Waals surface area contributed by atoms with Crippen LogP contribution in [-0.4, -0.2) is 60.6 Å². The van der Waals surface area contributed by atoms with E-state index in [1.807, 2.05) is 0 Å². The van der Waals surface area contributed by atoms with Crippen molar-refractivity contribution in [2.75, 3.05) is 16.8 Å². The molecule has 9 nitrogen and oxygen atoms in total. The van der Waals surface area contributed by atoms with Crippen LogP contribution in [0.1, 0.15) is 31.7 Å². The number of alkyl halides is 3. The normalized spacial score (nSPS) is 21.6. The van der Waals surface area contributed by atoms with Gasteiger partial charge in [-0.3, -0.25) is 9.59 Å². The first-order chi connectivity index (χ1) is 14.9. The van der Waals surface area contributed by atoms with Crippen molar-refractivity contribution in [3.05, 3.63) is 29.8 Å². The zero-order chi connectivity index (χ0) is 23.7. The highest BCUT2D eigenvalue weighted by atomic mass is 32.2. The van der Waals surface area contributed by atoms with Gasteiger partial charge in [-0.15, -0.1) is 0 Å². The molecule has 1 aromatic rings. The molecule has 2 aliphatic rings. The van der Waals surface area contributed by atoms with Gasteiger partial charge in [-0.2, -0.15) is 18.3 Å². The van der Waals surface area contributed by atoms with Gasteiger partial charge >= 0.3 is 12.1 Å². The van der Waals surface area contributed by atoms with Crippen molar-refractivity contribution in [3.8, 4) is 0 Å². The SMILES string of the molecule is C[C@H](OC(=O)C1=NN([C@H]2CCS(=O)(=O)C2)C(=O)CC1)C(=O)Nc1ccc(C(F)(F)F)cc1. The van der Waals surface area contributed by atoms with Crippen molar-refractivity contribution in [2.45, 2.75) is 44.5 Å². The summed E-state index contributed by atoms with van der Waals surface area (Å²) < 4.78 is 66.2. The highest BCUT2D eigenvalue weighted by molar-refractivity contribution is 7.91. The minimum Gasteiger partial charge on any atom is -0.448 e. The fourth-order valence-electron chi connectivity index (χ4n) is 3.24. The van der Waals surface area contributed by atoms with Crippen molar-refractivity contribution in [1.29, 1.82) is 0 Å². The molecule has 0 aromatic heterocycles. The number of ether oxygens (including phenoxy) is 1. The Bertz CT molecular complexity index is 1050. The quantitative estimate of drug-likeness (QED) is 0.648. The van der Waals surface area contributed by atoms with Crippen molar-refractivity contribution < 1.29 is 40.7 Å². The summed E-state index contributed by atoms with van der Waals surface area (Å²) >= 11 is 0. The first kappa shape index (κ1) is 23.7. The number of esters is 1. The molecule has 1 saturated heterocycles. The molecule has 0 unspecified atom stereocenters. The molecule has 2 heterocycles. The summed E-state index contributed by atoms with van der Waals surface area (Å²) in [7, 11) is -3.27. The average molecular weight is 475 g/mol. The highest BCUT2D eigenvalue weighted by Gasteiger charge is 2.38. The maximum atomic E-state index is 12.6. The van der Waals surface area contributed by atoms with Crippen LogP contribution >= 0.6 is 0 Å². The standard InChI is InChI=1S/C19H20F3N3O6S/c1-11(17(27)23-13-4-2-12(3-5-13)19(20,21)22)31-18(28)15-6-7-16(26)25(24-15)14-8-9-32(29,30)10-14/h2-5,11,14H,6-10H2,1H3,(H,23,27)/t11-,14-/m0/s1. The third-order valence-electron chi connectivity index (χ3n) is 4.98. The van der Waals surface area contributed by atoms with Gasteiger partial charge in [0.2, 0.25) is 5.91 Å². The molecule has 0 spiro atoms. The number of nitrogens with zero attached hydrogens (tertiary/aromatic N) is 2. The number of carbonyl (C=O) groups excluding carboxylic acids is 3. The number of carbonyl (C=O) groups is 3. The number of rotatable bonds is 5. The summed E-state index contributed by atoms with van der Waals surface area (Å²) in [6, 6.07) is 3.09. The lowest BCUT2D eigenvalue weighted by Crippen LogP contribution is -2.42. The van der Waals surface area contributed by atoms with E-state index >= 15 is 0 Å². The van der Waals surface area contributed by atoms with Crippen LogP contribution in [0.2, 0.25) is 0 Å². The Balaban J connectivity index is 1.61. The Morgan fingerprint density at radius 1 is 1.22 bits per heavy atom. The molecule has 32 heavy (non-hydrogen) atoms. The second-order valence-electron chi connectivity index (χ2n) is 7.45. The molecule has 174 valence electrons. The fraction of sp³-hybridized carbons (Fsp3) is 0.474.